The van der Waals surface area contributed by atoms with Gasteiger partial charge >= 0.3 is 0 Å². The molecular weight excluding hydrogens is 360 g/mol. The van der Waals surface area contributed by atoms with E-state index in [1.165, 1.54) is 23.3 Å². The molecule has 0 unspecified atom stereocenters. The largest absolute Gasteiger partial charge is 0.273 e. The Hall–Kier alpha value is -1.90. The fraction of sp³-hybridized carbons (Fsp3) is 0.294. The van der Waals surface area contributed by atoms with E-state index in [2.05, 4.69) is 10.8 Å². The number of sulfonamides is 1. The van der Waals surface area contributed by atoms with E-state index in [1.54, 1.807) is 18.7 Å². The van der Waals surface area contributed by atoms with Crippen LogP contribution in [0, 0.1) is 24.0 Å². The number of hydrogen-bond acceptors (Lipinski definition) is 5. The predicted molar refractivity (Wildman–Crippen MR) is 100 cm³/mol. The van der Waals surface area contributed by atoms with Gasteiger partial charge in [0.05, 0.1) is 9.82 Å². The van der Waals surface area contributed by atoms with E-state index in [9.17, 15) is 18.5 Å². The van der Waals surface area contributed by atoms with E-state index in [0.717, 1.165) is 11.8 Å². The van der Waals surface area contributed by atoms with E-state index in [4.69, 9.17) is 0 Å². The van der Waals surface area contributed by atoms with Crippen molar-refractivity contribution in [3.8, 4) is 0 Å². The molecule has 25 heavy (non-hydrogen) atoms. The van der Waals surface area contributed by atoms with Crippen LogP contribution in [-0.2, 0) is 15.8 Å². The lowest BCUT2D eigenvalue weighted by molar-refractivity contribution is -0.385. The van der Waals surface area contributed by atoms with Crippen molar-refractivity contribution < 1.29 is 13.3 Å². The number of thioether (sulfide) groups is 1. The van der Waals surface area contributed by atoms with Crippen molar-refractivity contribution in [1.82, 2.24) is 4.72 Å². The lowest BCUT2D eigenvalue weighted by Crippen LogP contribution is -2.26. The summed E-state index contributed by atoms with van der Waals surface area (Å²) in [5, 5.41) is 10.9. The molecule has 134 valence electrons. The minimum absolute atomic E-state index is 0.0894. The van der Waals surface area contributed by atoms with Gasteiger partial charge in [-0.3, -0.25) is 10.1 Å². The zero-order valence-corrected chi connectivity index (χ0v) is 15.7. The lowest BCUT2D eigenvalue weighted by Gasteiger charge is -2.08. The Kier molecular flexibility index (Phi) is 6.57. The van der Waals surface area contributed by atoms with E-state index in [-0.39, 0.29) is 17.1 Å². The van der Waals surface area contributed by atoms with E-state index in [1.807, 2.05) is 25.1 Å². The summed E-state index contributed by atoms with van der Waals surface area (Å²) in [6.07, 6.45) is 0. The lowest BCUT2D eigenvalue weighted by atomic mass is 10.2. The van der Waals surface area contributed by atoms with Gasteiger partial charge in [-0.05, 0) is 25.5 Å². The summed E-state index contributed by atoms with van der Waals surface area (Å²) in [5.74, 6) is 1.42. The van der Waals surface area contributed by atoms with Crippen molar-refractivity contribution in [2.45, 2.75) is 24.5 Å². The standard InChI is InChI=1S/C17H20N2O4S2/c1-13-4-3-5-15(10-13)12-24-9-8-18-25(22,23)16-7-6-14(2)17(11-16)19(20)21/h3-7,10-11,18H,8-9,12H2,1-2H3. The smallest absolute Gasteiger partial charge is 0.258 e. The summed E-state index contributed by atoms with van der Waals surface area (Å²) < 4.78 is 27.0. The molecule has 0 bridgehead atoms. The Bertz CT molecular complexity index is 867. The van der Waals surface area contributed by atoms with Gasteiger partial charge in [0.2, 0.25) is 10.0 Å². The zero-order valence-electron chi connectivity index (χ0n) is 14.1. The molecule has 0 fully saturated rings. The zero-order chi connectivity index (χ0) is 18.4. The Morgan fingerprint density at radius 3 is 2.60 bits per heavy atom. The number of nitrogens with one attached hydrogen (secondary N) is 1. The number of benzene rings is 2. The van der Waals surface area contributed by atoms with Gasteiger partial charge in [0.15, 0.2) is 0 Å². The second-order valence-corrected chi connectivity index (χ2v) is 8.52. The molecular formula is C17H20N2O4S2. The Labute approximate surface area is 151 Å². The average molecular weight is 380 g/mol. The minimum atomic E-state index is -3.75. The van der Waals surface area contributed by atoms with Crippen molar-refractivity contribution in [3.05, 3.63) is 69.3 Å². The van der Waals surface area contributed by atoms with Gasteiger partial charge in [-0.2, -0.15) is 11.8 Å². The summed E-state index contributed by atoms with van der Waals surface area (Å²) >= 11 is 1.63. The molecule has 2 aromatic rings. The number of hydrogen-bond donors (Lipinski definition) is 1. The summed E-state index contributed by atoms with van der Waals surface area (Å²) in [6, 6.07) is 12.1. The molecule has 2 aromatic carbocycles. The second kappa shape index (κ2) is 8.46. The normalized spacial score (nSPS) is 11.4. The third-order valence-electron chi connectivity index (χ3n) is 3.58. The van der Waals surface area contributed by atoms with Crippen LogP contribution in [0.3, 0.4) is 0 Å². The molecule has 0 radical (unpaired) electrons. The second-order valence-electron chi connectivity index (χ2n) is 5.64. The molecule has 0 saturated heterocycles. The van der Waals surface area contributed by atoms with Crippen LogP contribution in [0.5, 0.6) is 0 Å². The van der Waals surface area contributed by atoms with Crippen molar-refractivity contribution in [2.24, 2.45) is 0 Å². The fourth-order valence-electron chi connectivity index (χ4n) is 2.28. The molecule has 0 spiro atoms. The van der Waals surface area contributed by atoms with Crippen LogP contribution in [-0.4, -0.2) is 25.6 Å². The highest BCUT2D eigenvalue weighted by atomic mass is 32.2. The molecule has 6 nitrogen and oxygen atoms in total. The van der Waals surface area contributed by atoms with Gasteiger partial charge in [-0.15, -0.1) is 0 Å². The average Bonchev–Trinajstić information content (AvgIpc) is 2.54. The molecule has 0 heterocycles. The first-order chi connectivity index (χ1) is 11.8. The summed E-state index contributed by atoms with van der Waals surface area (Å²) in [7, 11) is -3.75. The van der Waals surface area contributed by atoms with Crippen LogP contribution < -0.4 is 4.72 Å². The highest BCUT2D eigenvalue weighted by molar-refractivity contribution is 7.98. The molecule has 0 aliphatic carbocycles. The third kappa shape index (κ3) is 5.55. The van der Waals surface area contributed by atoms with Crippen molar-refractivity contribution in [1.29, 1.82) is 0 Å². The Balaban J connectivity index is 1.89. The Morgan fingerprint density at radius 2 is 1.92 bits per heavy atom. The van der Waals surface area contributed by atoms with Crippen LogP contribution in [0.2, 0.25) is 0 Å². The number of rotatable bonds is 8. The summed E-state index contributed by atoms with van der Waals surface area (Å²) in [6.45, 7) is 3.87. The quantitative estimate of drug-likeness (QED) is 0.430. The van der Waals surface area contributed by atoms with Gasteiger partial charge in [0, 0.05) is 29.7 Å². The summed E-state index contributed by atoms with van der Waals surface area (Å²) in [5.41, 5.74) is 2.62. The number of nitrogens with zero attached hydrogens (tertiary/aromatic N) is 1. The number of nitro groups is 1. The molecule has 2 rings (SSSR count). The SMILES string of the molecule is Cc1cccc(CSCCNS(=O)(=O)c2ccc(C)c([N+](=O)[O-])c2)c1. The first-order valence-corrected chi connectivity index (χ1v) is 10.3. The number of nitro benzene ring substituents is 1. The van der Waals surface area contributed by atoms with Crippen LogP contribution in [0.15, 0.2) is 47.4 Å². The highest BCUT2D eigenvalue weighted by Crippen LogP contribution is 2.22. The van der Waals surface area contributed by atoms with Crippen LogP contribution in [0.1, 0.15) is 16.7 Å². The van der Waals surface area contributed by atoms with Gasteiger partial charge in [0.25, 0.3) is 5.69 Å². The first kappa shape index (κ1) is 19.4. The van der Waals surface area contributed by atoms with E-state index < -0.39 is 14.9 Å². The van der Waals surface area contributed by atoms with Gasteiger partial charge in [0.1, 0.15) is 0 Å². The van der Waals surface area contributed by atoms with E-state index >= 15 is 0 Å². The van der Waals surface area contributed by atoms with Crippen LogP contribution in [0.4, 0.5) is 5.69 Å². The van der Waals surface area contributed by atoms with Crippen molar-refractivity contribution in [3.63, 3.8) is 0 Å². The predicted octanol–water partition coefficient (Wildman–Crippen LogP) is 3.42. The molecule has 0 aliphatic heterocycles. The van der Waals surface area contributed by atoms with Crippen LogP contribution in [0.25, 0.3) is 0 Å². The maximum atomic E-state index is 12.3. The minimum Gasteiger partial charge on any atom is -0.258 e. The third-order valence-corrected chi connectivity index (χ3v) is 6.07. The molecule has 8 heteroatoms. The van der Waals surface area contributed by atoms with Gasteiger partial charge < -0.3 is 0 Å². The molecule has 0 aromatic heterocycles. The molecule has 0 saturated carbocycles. The van der Waals surface area contributed by atoms with Crippen molar-refractivity contribution in [2.75, 3.05) is 12.3 Å². The molecule has 0 atom stereocenters. The summed E-state index contributed by atoms with van der Waals surface area (Å²) in [4.78, 5) is 10.3. The molecule has 0 amide bonds. The van der Waals surface area contributed by atoms with Gasteiger partial charge in [-0.25, -0.2) is 13.1 Å². The maximum absolute atomic E-state index is 12.3. The molecule has 1 N–H and O–H groups in total. The van der Waals surface area contributed by atoms with Crippen molar-refractivity contribution >= 4 is 27.5 Å². The molecule has 0 aliphatic rings. The first-order valence-electron chi connectivity index (χ1n) is 7.67. The monoisotopic (exact) mass is 380 g/mol. The van der Waals surface area contributed by atoms with Gasteiger partial charge in [-0.1, -0.05) is 35.9 Å². The number of aryl methyl sites for hydroxylation is 2. The van der Waals surface area contributed by atoms with Crippen LogP contribution >= 0.6 is 11.8 Å². The topological polar surface area (TPSA) is 89.3 Å². The fourth-order valence-corrected chi connectivity index (χ4v) is 4.26. The van der Waals surface area contributed by atoms with E-state index in [0.29, 0.717) is 11.3 Å². The Morgan fingerprint density at radius 1 is 1.16 bits per heavy atom. The highest BCUT2D eigenvalue weighted by Gasteiger charge is 2.19. The maximum Gasteiger partial charge on any atom is 0.273 e.